The maximum atomic E-state index is 10.1. The number of aromatic hydroxyl groups is 3. The number of aromatic nitrogens is 6. The third kappa shape index (κ3) is 3.81. The molecule has 0 amide bonds. The van der Waals surface area contributed by atoms with Gasteiger partial charge in [0.05, 0.1) is 22.2 Å². The van der Waals surface area contributed by atoms with E-state index in [1.165, 1.54) is 6.07 Å². The Morgan fingerprint density at radius 1 is 0.784 bits per heavy atom. The lowest BCUT2D eigenvalue weighted by atomic mass is 10.1. The number of anilines is 1. The molecular formula is C26H22N8O3. The number of nitrogens with one attached hydrogen (secondary N) is 1. The molecule has 3 aromatic heterocycles. The van der Waals surface area contributed by atoms with Gasteiger partial charge in [0.2, 0.25) is 0 Å². The van der Waals surface area contributed by atoms with Crippen LogP contribution in [-0.2, 0) is 26.7 Å². The first-order valence-corrected chi connectivity index (χ1v) is 11.6. The Morgan fingerprint density at radius 2 is 1.41 bits per heavy atom. The Kier molecular flexibility index (Phi) is 5.08. The van der Waals surface area contributed by atoms with Gasteiger partial charge in [0, 0.05) is 54.4 Å². The second-order valence-electron chi connectivity index (χ2n) is 8.79. The number of phenolic OH excluding ortho intramolecular Hbond substituents is 3. The normalized spacial score (nSPS) is 11.5. The Hall–Kier alpha value is -5.24. The van der Waals surface area contributed by atoms with E-state index in [-0.39, 0.29) is 29.6 Å². The van der Waals surface area contributed by atoms with Crippen LogP contribution in [0.15, 0.2) is 54.6 Å². The molecule has 184 valence electrons. The molecule has 0 spiro atoms. The zero-order valence-electron chi connectivity index (χ0n) is 19.8. The molecule has 0 radical (unpaired) electrons. The summed E-state index contributed by atoms with van der Waals surface area (Å²) in [5.41, 5.74) is 3.37. The largest absolute Gasteiger partial charge is 0.508 e. The average molecular weight is 495 g/mol. The fraction of sp³-hybridized carbons (Fsp3) is 0.154. The summed E-state index contributed by atoms with van der Waals surface area (Å²) in [4.78, 5) is 0. The van der Waals surface area contributed by atoms with E-state index in [2.05, 4.69) is 21.6 Å². The maximum Gasteiger partial charge on any atom is 0.170 e. The van der Waals surface area contributed by atoms with Crippen LogP contribution in [0.3, 0.4) is 0 Å². The van der Waals surface area contributed by atoms with E-state index in [1.807, 2.05) is 17.8 Å². The lowest BCUT2D eigenvalue weighted by Crippen LogP contribution is -2.11. The predicted octanol–water partition coefficient (Wildman–Crippen LogP) is 3.57. The van der Waals surface area contributed by atoms with Crippen LogP contribution in [0.25, 0.3) is 32.7 Å². The number of rotatable bonds is 6. The van der Waals surface area contributed by atoms with Crippen LogP contribution in [0.5, 0.6) is 17.2 Å². The highest BCUT2D eigenvalue weighted by molar-refractivity contribution is 5.91. The molecule has 0 saturated carbocycles. The van der Waals surface area contributed by atoms with E-state index in [9.17, 15) is 20.6 Å². The number of nitrogens with zero attached hydrogens (tertiary/aromatic N) is 7. The van der Waals surface area contributed by atoms with Crippen molar-refractivity contribution in [1.82, 2.24) is 29.3 Å². The number of fused-ring (bicyclic) bond motifs is 3. The van der Waals surface area contributed by atoms with Gasteiger partial charge in [0.25, 0.3) is 0 Å². The molecule has 0 aliphatic carbocycles. The van der Waals surface area contributed by atoms with Gasteiger partial charge < -0.3 is 20.6 Å². The highest BCUT2D eigenvalue weighted by Crippen LogP contribution is 2.29. The Bertz CT molecular complexity index is 1860. The topological polar surface area (TPSA) is 150 Å². The van der Waals surface area contributed by atoms with Gasteiger partial charge in [-0.15, -0.1) is 0 Å². The fourth-order valence-electron chi connectivity index (χ4n) is 4.70. The lowest BCUT2D eigenvalue weighted by molar-refractivity contribution is 0.475. The number of nitriles is 1. The predicted molar refractivity (Wildman–Crippen MR) is 137 cm³/mol. The van der Waals surface area contributed by atoms with Gasteiger partial charge in [-0.05, 0) is 36.4 Å². The minimum absolute atomic E-state index is 0.0839. The number of phenols is 3. The standard InChI is InChI=1S/C26H22N8O3/c1-32-23-10-15(35)2-5-18(23)21(29-32)8-9-33-25-12-17(37)4-7-20(25)26(31-33)28-14-34-24-11-16(36)3-6-19(24)22(13-27)30-34/h2-7,10-12,35-37H,8-9,14H2,1H3,(H,28,31). The van der Waals surface area contributed by atoms with Crippen molar-refractivity contribution in [3.63, 3.8) is 0 Å². The molecule has 11 heteroatoms. The summed E-state index contributed by atoms with van der Waals surface area (Å²) in [6, 6.07) is 17.1. The molecule has 0 atom stereocenters. The number of benzene rings is 3. The van der Waals surface area contributed by atoms with E-state index in [1.54, 1.807) is 51.8 Å². The highest BCUT2D eigenvalue weighted by atomic mass is 16.3. The van der Waals surface area contributed by atoms with Crippen LogP contribution in [0.2, 0.25) is 0 Å². The molecule has 0 aliphatic rings. The molecular weight excluding hydrogens is 472 g/mol. The van der Waals surface area contributed by atoms with Gasteiger partial charge in [0.1, 0.15) is 30.0 Å². The van der Waals surface area contributed by atoms with Gasteiger partial charge in [-0.3, -0.25) is 9.36 Å². The molecule has 0 bridgehead atoms. The van der Waals surface area contributed by atoms with Crippen LogP contribution in [-0.4, -0.2) is 44.7 Å². The van der Waals surface area contributed by atoms with Crippen molar-refractivity contribution in [2.75, 3.05) is 5.32 Å². The van der Waals surface area contributed by atoms with Crippen LogP contribution >= 0.6 is 0 Å². The summed E-state index contributed by atoms with van der Waals surface area (Å²) in [5.74, 6) is 0.994. The van der Waals surface area contributed by atoms with Crippen molar-refractivity contribution >= 4 is 38.5 Å². The quantitative estimate of drug-likeness (QED) is 0.274. The monoisotopic (exact) mass is 494 g/mol. The van der Waals surface area contributed by atoms with E-state index in [0.29, 0.717) is 29.7 Å². The SMILES string of the molecule is Cn1nc(CCn2nc(NCn3nc(C#N)c4ccc(O)cc43)c3ccc(O)cc32)c2ccc(O)cc21. The molecule has 0 aliphatic heterocycles. The summed E-state index contributed by atoms with van der Waals surface area (Å²) in [6.07, 6.45) is 0.586. The van der Waals surface area contributed by atoms with Crippen molar-refractivity contribution in [3.8, 4) is 23.3 Å². The number of aryl methyl sites for hydroxylation is 3. The molecule has 6 rings (SSSR count). The van der Waals surface area contributed by atoms with Crippen molar-refractivity contribution in [2.45, 2.75) is 19.6 Å². The van der Waals surface area contributed by atoms with Crippen molar-refractivity contribution in [3.05, 3.63) is 66.0 Å². The first-order chi connectivity index (χ1) is 17.9. The molecule has 0 fully saturated rings. The smallest absolute Gasteiger partial charge is 0.170 e. The van der Waals surface area contributed by atoms with Gasteiger partial charge in [-0.2, -0.15) is 20.6 Å². The Labute approximate surface area is 210 Å². The molecule has 0 saturated heterocycles. The number of hydrogen-bond acceptors (Lipinski definition) is 8. The van der Waals surface area contributed by atoms with Crippen LogP contribution < -0.4 is 5.32 Å². The second kappa shape index (κ2) is 8.46. The van der Waals surface area contributed by atoms with Crippen LogP contribution in [0.1, 0.15) is 11.4 Å². The molecule has 3 heterocycles. The third-order valence-corrected chi connectivity index (χ3v) is 6.44. The molecule has 0 unspecified atom stereocenters. The fourth-order valence-corrected chi connectivity index (χ4v) is 4.70. The molecule has 4 N–H and O–H groups in total. The maximum absolute atomic E-state index is 10.1. The van der Waals surface area contributed by atoms with Gasteiger partial charge in [0.15, 0.2) is 11.5 Å². The van der Waals surface area contributed by atoms with Gasteiger partial charge in [-0.25, -0.2) is 4.68 Å². The molecule has 6 aromatic rings. The van der Waals surface area contributed by atoms with Crippen molar-refractivity contribution in [1.29, 1.82) is 5.26 Å². The van der Waals surface area contributed by atoms with E-state index in [4.69, 9.17) is 5.10 Å². The zero-order valence-corrected chi connectivity index (χ0v) is 19.8. The van der Waals surface area contributed by atoms with Crippen molar-refractivity contribution < 1.29 is 15.3 Å². The number of hydrogen-bond donors (Lipinski definition) is 4. The van der Waals surface area contributed by atoms with Crippen LogP contribution in [0.4, 0.5) is 5.82 Å². The third-order valence-electron chi connectivity index (χ3n) is 6.44. The summed E-state index contributed by atoms with van der Waals surface area (Å²) in [6.45, 7) is 0.717. The lowest BCUT2D eigenvalue weighted by Gasteiger charge is -2.06. The second-order valence-corrected chi connectivity index (χ2v) is 8.79. The minimum atomic E-state index is 0.0839. The summed E-state index contributed by atoms with van der Waals surface area (Å²) >= 11 is 0. The average Bonchev–Trinajstić information content (AvgIpc) is 3.52. The molecule has 11 nitrogen and oxygen atoms in total. The van der Waals surface area contributed by atoms with Gasteiger partial charge in [-0.1, -0.05) is 0 Å². The van der Waals surface area contributed by atoms with Crippen LogP contribution in [0, 0.1) is 11.3 Å². The molecule has 37 heavy (non-hydrogen) atoms. The molecule has 3 aromatic carbocycles. The van der Waals surface area contributed by atoms with E-state index < -0.39 is 0 Å². The van der Waals surface area contributed by atoms with E-state index in [0.717, 1.165) is 27.5 Å². The zero-order chi connectivity index (χ0) is 25.7. The first kappa shape index (κ1) is 22.2. The van der Waals surface area contributed by atoms with E-state index >= 15 is 0 Å². The highest BCUT2D eigenvalue weighted by Gasteiger charge is 2.16. The first-order valence-electron chi connectivity index (χ1n) is 11.6. The van der Waals surface area contributed by atoms with Crippen molar-refractivity contribution in [2.24, 2.45) is 7.05 Å². The Morgan fingerprint density at radius 3 is 2.11 bits per heavy atom. The Balaban J connectivity index is 1.31. The van der Waals surface area contributed by atoms with Gasteiger partial charge >= 0.3 is 0 Å². The summed E-state index contributed by atoms with van der Waals surface area (Å²) in [7, 11) is 1.84. The minimum Gasteiger partial charge on any atom is -0.508 e. The summed E-state index contributed by atoms with van der Waals surface area (Å²) in [5, 5.41) is 58.7. The summed E-state index contributed by atoms with van der Waals surface area (Å²) < 4.78 is 5.16.